The summed E-state index contributed by atoms with van der Waals surface area (Å²) in [6.45, 7) is 1.32. The summed E-state index contributed by atoms with van der Waals surface area (Å²) in [5, 5.41) is 7.98. The predicted octanol–water partition coefficient (Wildman–Crippen LogP) is 2.43. The summed E-state index contributed by atoms with van der Waals surface area (Å²) in [5.74, 6) is 0.903. The smallest absolute Gasteiger partial charge is 0.243 e. The third kappa shape index (κ3) is 2.79. The van der Waals surface area contributed by atoms with Gasteiger partial charge in [0.15, 0.2) is 0 Å². The molecule has 0 saturated carbocycles. The highest BCUT2D eigenvalue weighted by Gasteiger charge is 2.32. The minimum absolute atomic E-state index is 0.0393. The molecule has 1 amide bonds. The highest BCUT2D eigenvalue weighted by molar-refractivity contribution is 7.16. The van der Waals surface area contributed by atoms with Crippen molar-refractivity contribution in [2.45, 2.75) is 25.4 Å². The lowest BCUT2D eigenvalue weighted by molar-refractivity contribution is -0.122. The van der Waals surface area contributed by atoms with Gasteiger partial charge in [-0.25, -0.2) is 15.0 Å². The van der Waals surface area contributed by atoms with E-state index in [9.17, 15) is 4.79 Å². The average molecular weight is 345 g/mol. The lowest BCUT2D eigenvalue weighted by atomic mass is 10.2. The number of nitrogens with zero attached hydrogens (tertiary/aromatic N) is 4. The molecule has 4 heterocycles. The molecular formula is C15H15N5OS2. The van der Waals surface area contributed by atoms with Crippen molar-refractivity contribution in [2.24, 2.45) is 0 Å². The van der Waals surface area contributed by atoms with E-state index in [0.717, 1.165) is 41.1 Å². The number of nitrogens with one attached hydrogen (secondary N) is 1. The Morgan fingerprint density at radius 3 is 3.22 bits per heavy atom. The van der Waals surface area contributed by atoms with Crippen molar-refractivity contribution in [2.75, 3.05) is 11.4 Å². The van der Waals surface area contributed by atoms with Gasteiger partial charge in [-0.15, -0.1) is 22.7 Å². The molecule has 23 heavy (non-hydrogen) atoms. The van der Waals surface area contributed by atoms with Crippen LogP contribution in [0.5, 0.6) is 0 Å². The predicted molar refractivity (Wildman–Crippen MR) is 91.7 cm³/mol. The van der Waals surface area contributed by atoms with Crippen molar-refractivity contribution in [3.63, 3.8) is 0 Å². The van der Waals surface area contributed by atoms with E-state index in [1.807, 2.05) is 16.8 Å². The van der Waals surface area contributed by atoms with Gasteiger partial charge in [-0.3, -0.25) is 4.79 Å². The first-order chi connectivity index (χ1) is 11.3. The molecule has 0 aromatic carbocycles. The minimum Gasteiger partial charge on any atom is -0.349 e. The van der Waals surface area contributed by atoms with E-state index < -0.39 is 0 Å². The zero-order valence-electron chi connectivity index (χ0n) is 12.3. The Balaban J connectivity index is 1.54. The van der Waals surface area contributed by atoms with Gasteiger partial charge in [-0.1, -0.05) is 0 Å². The maximum atomic E-state index is 12.6. The molecule has 6 nitrogen and oxygen atoms in total. The van der Waals surface area contributed by atoms with Gasteiger partial charge in [0.1, 0.15) is 23.0 Å². The van der Waals surface area contributed by atoms with Gasteiger partial charge in [0.2, 0.25) is 5.91 Å². The first kappa shape index (κ1) is 14.5. The highest BCUT2D eigenvalue weighted by atomic mass is 32.1. The van der Waals surface area contributed by atoms with Crippen LogP contribution in [0.1, 0.15) is 18.5 Å². The van der Waals surface area contributed by atoms with Crippen LogP contribution in [-0.2, 0) is 11.3 Å². The lowest BCUT2D eigenvalue weighted by Crippen LogP contribution is -2.43. The van der Waals surface area contributed by atoms with Crippen molar-refractivity contribution >= 4 is 44.6 Å². The Hall–Kier alpha value is -2.06. The summed E-state index contributed by atoms with van der Waals surface area (Å²) in [6, 6.07) is 1.85. The normalized spacial score (nSPS) is 17.7. The van der Waals surface area contributed by atoms with Gasteiger partial charge in [0, 0.05) is 11.9 Å². The Morgan fingerprint density at radius 1 is 1.39 bits per heavy atom. The maximum absolute atomic E-state index is 12.6. The molecule has 1 N–H and O–H groups in total. The largest absolute Gasteiger partial charge is 0.349 e. The average Bonchev–Trinajstić information content (AvgIpc) is 3.32. The van der Waals surface area contributed by atoms with Gasteiger partial charge in [0.25, 0.3) is 0 Å². The molecule has 0 bridgehead atoms. The van der Waals surface area contributed by atoms with Crippen molar-refractivity contribution < 1.29 is 4.79 Å². The lowest BCUT2D eigenvalue weighted by Gasteiger charge is -2.25. The molecule has 1 aliphatic rings. The third-order valence-electron chi connectivity index (χ3n) is 4.00. The molecule has 0 aliphatic carbocycles. The molecule has 0 unspecified atom stereocenters. The Bertz CT molecular complexity index is 816. The van der Waals surface area contributed by atoms with E-state index >= 15 is 0 Å². The molecule has 1 aliphatic heterocycles. The second kappa shape index (κ2) is 6.21. The number of amides is 1. The monoisotopic (exact) mass is 345 g/mol. The molecule has 8 heteroatoms. The number of aromatic nitrogens is 3. The number of rotatable bonds is 4. The van der Waals surface area contributed by atoms with Crippen molar-refractivity contribution in [3.8, 4) is 0 Å². The van der Waals surface area contributed by atoms with Gasteiger partial charge in [-0.05, 0) is 24.3 Å². The Kier molecular flexibility index (Phi) is 3.92. The SMILES string of the molecule is O=C(NCc1cscn1)[C@H]1CCCN1c1ncnc2sccc12. The zero-order chi connectivity index (χ0) is 15.6. The number of anilines is 1. The number of hydrogen-bond donors (Lipinski definition) is 1. The number of thiophene rings is 1. The van der Waals surface area contributed by atoms with Crippen LogP contribution in [-0.4, -0.2) is 33.4 Å². The summed E-state index contributed by atoms with van der Waals surface area (Å²) >= 11 is 3.13. The summed E-state index contributed by atoms with van der Waals surface area (Å²) in [5.41, 5.74) is 2.67. The fourth-order valence-corrected chi connectivity index (χ4v) is 4.20. The summed E-state index contributed by atoms with van der Waals surface area (Å²) in [4.78, 5) is 28.6. The number of carbonyl (C=O) groups excluding carboxylic acids is 1. The van der Waals surface area contributed by atoms with Crippen LogP contribution >= 0.6 is 22.7 Å². The second-order valence-electron chi connectivity index (χ2n) is 5.39. The molecule has 1 atom stereocenters. The minimum atomic E-state index is -0.174. The van der Waals surface area contributed by atoms with Crippen LogP contribution in [0.3, 0.4) is 0 Å². The maximum Gasteiger partial charge on any atom is 0.243 e. The van der Waals surface area contributed by atoms with Gasteiger partial charge < -0.3 is 10.2 Å². The van der Waals surface area contributed by atoms with Crippen molar-refractivity contribution in [1.29, 1.82) is 0 Å². The van der Waals surface area contributed by atoms with E-state index in [1.165, 1.54) is 11.3 Å². The molecule has 0 radical (unpaired) electrons. The molecule has 3 aromatic rings. The molecule has 0 spiro atoms. The fraction of sp³-hybridized carbons (Fsp3) is 0.333. The van der Waals surface area contributed by atoms with Crippen LogP contribution in [0, 0.1) is 0 Å². The van der Waals surface area contributed by atoms with Crippen LogP contribution in [0.4, 0.5) is 5.82 Å². The molecule has 3 aromatic heterocycles. The van der Waals surface area contributed by atoms with E-state index in [4.69, 9.17) is 0 Å². The first-order valence-electron chi connectivity index (χ1n) is 7.42. The quantitative estimate of drug-likeness (QED) is 0.786. The Labute approximate surface area is 141 Å². The fourth-order valence-electron chi connectivity index (χ4n) is 2.92. The zero-order valence-corrected chi connectivity index (χ0v) is 13.9. The molecule has 1 fully saturated rings. The number of fused-ring (bicyclic) bond motifs is 1. The summed E-state index contributed by atoms with van der Waals surface area (Å²) in [7, 11) is 0. The standard InChI is InChI=1S/C15H15N5OS2/c21-14(16-6-10-7-22-9-19-10)12-2-1-4-20(12)13-11-3-5-23-15(11)18-8-17-13/h3,5,7-9,12H,1-2,4,6H2,(H,16,21)/t12-/m1/s1. The third-order valence-corrected chi connectivity index (χ3v) is 5.45. The van der Waals surface area contributed by atoms with Crippen molar-refractivity contribution in [1.82, 2.24) is 20.3 Å². The van der Waals surface area contributed by atoms with Crippen LogP contribution in [0.2, 0.25) is 0 Å². The van der Waals surface area contributed by atoms with Crippen molar-refractivity contribution in [3.05, 3.63) is 34.4 Å². The first-order valence-corrected chi connectivity index (χ1v) is 9.25. The molecular weight excluding hydrogens is 330 g/mol. The van der Waals surface area contributed by atoms with E-state index in [1.54, 1.807) is 23.2 Å². The second-order valence-corrected chi connectivity index (χ2v) is 7.00. The topological polar surface area (TPSA) is 71.0 Å². The summed E-state index contributed by atoms with van der Waals surface area (Å²) < 4.78 is 0. The van der Waals surface area contributed by atoms with Gasteiger partial charge >= 0.3 is 0 Å². The number of thiazole rings is 1. The van der Waals surface area contributed by atoms with Gasteiger partial charge in [0.05, 0.1) is 23.1 Å². The van der Waals surface area contributed by atoms with E-state index in [-0.39, 0.29) is 11.9 Å². The Morgan fingerprint density at radius 2 is 2.35 bits per heavy atom. The van der Waals surface area contributed by atoms with Crippen LogP contribution in [0.15, 0.2) is 28.7 Å². The van der Waals surface area contributed by atoms with E-state index in [0.29, 0.717) is 6.54 Å². The molecule has 118 valence electrons. The van der Waals surface area contributed by atoms with Gasteiger partial charge in [-0.2, -0.15) is 0 Å². The number of carbonyl (C=O) groups is 1. The summed E-state index contributed by atoms with van der Waals surface area (Å²) in [6.07, 6.45) is 3.42. The van der Waals surface area contributed by atoms with Crippen LogP contribution in [0.25, 0.3) is 10.2 Å². The highest BCUT2D eigenvalue weighted by Crippen LogP contribution is 2.31. The van der Waals surface area contributed by atoms with E-state index in [2.05, 4.69) is 25.2 Å². The molecule has 1 saturated heterocycles. The number of hydrogen-bond acceptors (Lipinski definition) is 7. The molecule has 4 rings (SSSR count). The van der Waals surface area contributed by atoms with Crippen LogP contribution < -0.4 is 10.2 Å².